The normalized spacial score (nSPS) is 18.1. The highest BCUT2D eigenvalue weighted by atomic mass is 35.5. The van der Waals surface area contributed by atoms with Crippen LogP contribution in [0.4, 0.5) is 0 Å². The molecule has 3 aromatic rings. The van der Waals surface area contributed by atoms with E-state index in [2.05, 4.69) is 10.2 Å². The molecule has 0 radical (unpaired) electrons. The van der Waals surface area contributed by atoms with E-state index in [1.807, 2.05) is 58.9 Å². The van der Waals surface area contributed by atoms with Crippen LogP contribution in [0.25, 0.3) is 5.69 Å². The highest BCUT2D eigenvalue weighted by Gasteiger charge is 2.32. The van der Waals surface area contributed by atoms with Crippen LogP contribution in [-0.4, -0.2) is 57.5 Å². The van der Waals surface area contributed by atoms with Gasteiger partial charge in [-0.25, -0.2) is 0 Å². The maximum absolute atomic E-state index is 13.3. The van der Waals surface area contributed by atoms with Crippen LogP contribution in [0.5, 0.6) is 5.75 Å². The zero-order chi connectivity index (χ0) is 23.8. The molecule has 1 amide bonds. The van der Waals surface area contributed by atoms with Crippen molar-refractivity contribution in [2.45, 2.75) is 38.3 Å². The van der Waals surface area contributed by atoms with Gasteiger partial charge in [0.05, 0.1) is 24.9 Å². The first-order chi connectivity index (χ1) is 16.4. The van der Waals surface area contributed by atoms with E-state index < -0.39 is 6.04 Å². The summed E-state index contributed by atoms with van der Waals surface area (Å²) in [6.45, 7) is 3.25. The second-order valence-electron chi connectivity index (χ2n) is 8.75. The first kappa shape index (κ1) is 22.6. The summed E-state index contributed by atoms with van der Waals surface area (Å²) in [5.41, 5.74) is 9.46. The number of halogens is 1. The minimum Gasteiger partial charge on any atom is -0.497 e. The number of piperidine rings is 1. The summed E-state index contributed by atoms with van der Waals surface area (Å²) in [7, 11) is 1.64. The number of nitrogens with zero attached hydrogens (tertiary/aromatic N) is 5. The topological polar surface area (TPSA) is 98.6 Å². The van der Waals surface area contributed by atoms with Crippen LogP contribution in [-0.2, 0) is 4.79 Å². The van der Waals surface area contributed by atoms with Gasteiger partial charge in [0.15, 0.2) is 5.82 Å². The van der Waals surface area contributed by atoms with Crippen molar-refractivity contribution in [3.63, 3.8) is 0 Å². The predicted molar refractivity (Wildman–Crippen MR) is 131 cm³/mol. The highest BCUT2D eigenvalue weighted by molar-refractivity contribution is 6.30. The van der Waals surface area contributed by atoms with Crippen LogP contribution in [0.15, 0.2) is 47.5 Å². The summed E-state index contributed by atoms with van der Waals surface area (Å²) in [5.74, 6) is 2.14. The number of carbonyl (C=O) groups excluding carboxylic acids is 1. The second kappa shape index (κ2) is 9.19. The third-order valence-corrected chi connectivity index (χ3v) is 6.76. The van der Waals surface area contributed by atoms with E-state index in [0.717, 1.165) is 41.2 Å². The number of methoxy groups -OCH3 is 1. The third kappa shape index (κ3) is 4.19. The number of benzene rings is 2. The van der Waals surface area contributed by atoms with E-state index in [-0.39, 0.29) is 18.4 Å². The Morgan fingerprint density at radius 3 is 2.59 bits per heavy atom. The van der Waals surface area contributed by atoms with Crippen molar-refractivity contribution in [3.8, 4) is 11.4 Å². The summed E-state index contributed by atoms with van der Waals surface area (Å²) >= 11 is 6.16. The lowest BCUT2D eigenvalue weighted by Crippen LogP contribution is -2.43. The summed E-state index contributed by atoms with van der Waals surface area (Å²) in [5, 5.41) is 9.42. The standard InChI is InChI=1S/C25H27ClN6O2/c1-15-29-30-25-21(14-23(33)31-11-9-18(27)10-12-31)28-24(16-3-5-17(26)6-4-16)20-13-19(34-2)7-8-22(20)32(15)25/h3-8,13,18,21H,9-12,14,27H2,1-2H3/t21-/m0/s1. The van der Waals surface area contributed by atoms with Crippen molar-refractivity contribution < 1.29 is 9.53 Å². The SMILES string of the molecule is COc1ccc2c(c1)C(c1ccc(Cl)cc1)=N[C@@H](CC(=O)N1CCC(N)CC1)c1nnc(C)n1-2. The lowest BCUT2D eigenvalue weighted by Gasteiger charge is -2.30. The minimum atomic E-state index is -0.492. The van der Waals surface area contributed by atoms with Gasteiger partial charge in [-0.05, 0) is 50.1 Å². The van der Waals surface area contributed by atoms with Gasteiger partial charge >= 0.3 is 0 Å². The Bertz CT molecular complexity index is 1240. The number of hydrogen-bond acceptors (Lipinski definition) is 6. The maximum atomic E-state index is 13.3. The fourth-order valence-corrected chi connectivity index (χ4v) is 4.75. The molecule has 1 fully saturated rings. The van der Waals surface area contributed by atoms with Crippen LogP contribution in [0.1, 0.15) is 48.1 Å². The Balaban J connectivity index is 1.62. The molecule has 2 N–H and O–H groups in total. The molecule has 0 unspecified atom stereocenters. The predicted octanol–water partition coefficient (Wildman–Crippen LogP) is 3.47. The molecule has 1 atom stereocenters. The number of likely N-dealkylation sites (tertiary alicyclic amines) is 1. The maximum Gasteiger partial charge on any atom is 0.225 e. The fraction of sp³-hybridized carbons (Fsp3) is 0.360. The molecule has 2 aliphatic rings. The van der Waals surface area contributed by atoms with E-state index in [9.17, 15) is 4.79 Å². The molecule has 0 aliphatic carbocycles. The Hall–Kier alpha value is -3.23. The van der Waals surface area contributed by atoms with E-state index in [4.69, 9.17) is 27.1 Å². The molecule has 8 nitrogen and oxygen atoms in total. The number of nitrogens with two attached hydrogens (primary N) is 1. The number of rotatable bonds is 4. The monoisotopic (exact) mass is 478 g/mol. The molecule has 2 aliphatic heterocycles. The van der Waals surface area contributed by atoms with Gasteiger partial charge in [-0.2, -0.15) is 0 Å². The number of amides is 1. The second-order valence-corrected chi connectivity index (χ2v) is 9.18. The van der Waals surface area contributed by atoms with Crippen LogP contribution in [0.2, 0.25) is 5.02 Å². The molecule has 0 spiro atoms. The summed E-state index contributed by atoms with van der Waals surface area (Å²) < 4.78 is 7.51. The van der Waals surface area contributed by atoms with Crippen molar-refractivity contribution in [2.75, 3.05) is 20.2 Å². The molecule has 34 heavy (non-hydrogen) atoms. The van der Waals surface area contributed by atoms with Gasteiger partial charge in [0.2, 0.25) is 5.91 Å². The number of ether oxygens (including phenoxy) is 1. The van der Waals surface area contributed by atoms with Crippen LogP contribution < -0.4 is 10.5 Å². The van der Waals surface area contributed by atoms with Crippen molar-refractivity contribution >= 4 is 23.2 Å². The minimum absolute atomic E-state index is 0.0480. The third-order valence-electron chi connectivity index (χ3n) is 6.51. The van der Waals surface area contributed by atoms with Crippen LogP contribution in [0.3, 0.4) is 0 Å². The zero-order valence-electron chi connectivity index (χ0n) is 19.2. The summed E-state index contributed by atoms with van der Waals surface area (Å²) in [4.78, 5) is 20.3. The fourth-order valence-electron chi connectivity index (χ4n) is 4.62. The highest BCUT2D eigenvalue weighted by Crippen LogP contribution is 2.35. The number of fused-ring (bicyclic) bond motifs is 3. The van der Waals surface area contributed by atoms with Crippen LogP contribution >= 0.6 is 11.6 Å². The molecule has 0 bridgehead atoms. The molecule has 2 aromatic carbocycles. The van der Waals surface area contributed by atoms with Crippen molar-refractivity contribution in [2.24, 2.45) is 10.7 Å². The van der Waals surface area contributed by atoms with Crippen molar-refractivity contribution in [1.29, 1.82) is 0 Å². The van der Waals surface area contributed by atoms with Gasteiger partial charge in [0, 0.05) is 35.3 Å². The number of aromatic nitrogens is 3. The van der Waals surface area contributed by atoms with Crippen molar-refractivity contribution in [3.05, 3.63) is 70.3 Å². The molecular weight excluding hydrogens is 452 g/mol. The van der Waals surface area contributed by atoms with Gasteiger partial charge in [0.25, 0.3) is 0 Å². The number of aryl methyl sites for hydroxylation is 1. The quantitative estimate of drug-likeness (QED) is 0.619. The molecule has 5 rings (SSSR count). The first-order valence-electron chi connectivity index (χ1n) is 11.4. The van der Waals surface area contributed by atoms with Crippen molar-refractivity contribution in [1.82, 2.24) is 19.7 Å². The Kier molecular flexibility index (Phi) is 6.10. The average Bonchev–Trinajstić information content (AvgIpc) is 3.17. The molecule has 1 aromatic heterocycles. The van der Waals surface area contributed by atoms with Gasteiger partial charge in [0.1, 0.15) is 17.6 Å². The number of aliphatic imine (C=N–C) groups is 1. The van der Waals surface area contributed by atoms with E-state index in [0.29, 0.717) is 29.7 Å². The van der Waals surface area contributed by atoms with E-state index in [1.54, 1.807) is 7.11 Å². The summed E-state index contributed by atoms with van der Waals surface area (Å²) in [6, 6.07) is 13.1. The zero-order valence-corrected chi connectivity index (χ0v) is 20.0. The Labute approximate surface area is 203 Å². The number of carbonyl (C=O) groups is 1. The molecule has 1 saturated heterocycles. The lowest BCUT2D eigenvalue weighted by atomic mass is 10.00. The lowest BCUT2D eigenvalue weighted by molar-refractivity contribution is -0.132. The van der Waals surface area contributed by atoms with Crippen LogP contribution in [0, 0.1) is 6.92 Å². The molecule has 176 valence electrons. The first-order valence-corrected chi connectivity index (χ1v) is 11.8. The van der Waals surface area contributed by atoms with Gasteiger partial charge in [-0.1, -0.05) is 23.7 Å². The Morgan fingerprint density at radius 1 is 1.15 bits per heavy atom. The molecular formula is C25H27ClN6O2. The van der Waals surface area contributed by atoms with Gasteiger partial charge in [-0.15, -0.1) is 10.2 Å². The average molecular weight is 479 g/mol. The van der Waals surface area contributed by atoms with E-state index in [1.165, 1.54) is 0 Å². The molecule has 0 saturated carbocycles. The smallest absolute Gasteiger partial charge is 0.225 e. The Morgan fingerprint density at radius 2 is 1.88 bits per heavy atom. The number of hydrogen-bond donors (Lipinski definition) is 1. The molecule has 9 heteroatoms. The molecule has 3 heterocycles. The van der Waals surface area contributed by atoms with E-state index >= 15 is 0 Å². The summed E-state index contributed by atoms with van der Waals surface area (Å²) in [6.07, 6.45) is 1.84. The largest absolute Gasteiger partial charge is 0.497 e. The van der Waals surface area contributed by atoms with Gasteiger partial charge in [-0.3, -0.25) is 14.4 Å². The van der Waals surface area contributed by atoms with Gasteiger partial charge < -0.3 is 15.4 Å².